The van der Waals surface area contributed by atoms with Gasteiger partial charge in [0.2, 0.25) is 0 Å². The van der Waals surface area contributed by atoms with Crippen molar-refractivity contribution in [1.29, 1.82) is 0 Å². The van der Waals surface area contributed by atoms with Gasteiger partial charge in [-0.1, -0.05) is 17.7 Å². The molecule has 2 saturated heterocycles. The summed E-state index contributed by atoms with van der Waals surface area (Å²) in [6.07, 6.45) is 3.08. The standard InChI is InChI=1S/C19H29N3O2S/c1-15(2)7-9-21-11-12-22(19-14-25(23,24)13-18(19)21)10-8-17-6-4-5-16(3)20-17/h4-7,18-19H,8-14H2,1-3H3/t18-,19+/m1/s1. The quantitative estimate of drug-likeness (QED) is 0.745. The highest BCUT2D eigenvalue weighted by molar-refractivity contribution is 7.91. The molecule has 5 nitrogen and oxygen atoms in total. The lowest BCUT2D eigenvalue weighted by Gasteiger charge is -2.43. The van der Waals surface area contributed by atoms with E-state index in [4.69, 9.17) is 0 Å². The van der Waals surface area contributed by atoms with E-state index in [9.17, 15) is 8.42 Å². The zero-order valence-electron chi connectivity index (χ0n) is 15.5. The third kappa shape index (κ3) is 4.68. The third-order valence-corrected chi connectivity index (χ3v) is 6.94. The minimum atomic E-state index is -2.94. The maximum absolute atomic E-state index is 12.3. The van der Waals surface area contributed by atoms with Crippen molar-refractivity contribution < 1.29 is 8.42 Å². The van der Waals surface area contributed by atoms with Crippen LogP contribution in [-0.4, -0.2) is 73.0 Å². The highest BCUT2D eigenvalue weighted by atomic mass is 32.2. The van der Waals surface area contributed by atoms with Crippen molar-refractivity contribution in [2.24, 2.45) is 0 Å². The molecule has 0 aliphatic carbocycles. The van der Waals surface area contributed by atoms with Crippen molar-refractivity contribution in [3.63, 3.8) is 0 Å². The van der Waals surface area contributed by atoms with Crippen LogP contribution < -0.4 is 0 Å². The molecular weight excluding hydrogens is 334 g/mol. The highest BCUT2D eigenvalue weighted by Crippen LogP contribution is 2.27. The van der Waals surface area contributed by atoms with Crippen LogP contribution >= 0.6 is 0 Å². The van der Waals surface area contributed by atoms with Gasteiger partial charge in [-0.3, -0.25) is 14.8 Å². The Hall–Kier alpha value is -1.24. The molecule has 2 atom stereocenters. The summed E-state index contributed by atoms with van der Waals surface area (Å²) in [5.41, 5.74) is 3.40. The van der Waals surface area contributed by atoms with E-state index < -0.39 is 9.84 Å². The van der Waals surface area contributed by atoms with Gasteiger partial charge in [-0.25, -0.2) is 8.42 Å². The van der Waals surface area contributed by atoms with Gasteiger partial charge in [0.15, 0.2) is 9.84 Å². The molecule has 0 unspecified atom stereocenters. The summed E-state index contributed by atoms with van der Waals surface area (Å²) >= 11 is 0. The first-order valence-corrected chi connectivity index (χ1v) is 10.9. The summed E-state index contributed by atoms with van der Waals surface area (Å²) in [5, 5.41) is 0. The second-order valence-electron chi connectivity index (χ2n) is 7.54. The number of aryl methyl sites for hydroxylation is 1. The van der Waals surface area contributed by atoms with Crippen LogP contribution in [0.25, 0.3) is 0 Å². The van der Waals surface area contributed by atoms with Crippen LogP contribution in [0.4, 0.5) is 0 Å². The van der Waals surface area contributed by atoms with Gasteiger partial charge in [0, 0.05) is 56.1 Å². The molecule has 138 valence electrons. The SMILES string of the molecule is CC(C)=CCN1CCN(CCc2cccc(C)n2)[C@H]2CS(=O)(=O)C[C@H]21. The highest BCUT2D eigenvalue weighted by Gasteiger charge is 2.45. The number of sulfone groups is 1. The fourth-order valence-corrected chi connectivity index (χ4v) is 5.94. The van der Waals surface area contributed by atoms with Crippen molar-refractivity contribution in [1.82, 2.24) is 14.8 Å². The summed E-state index contributed by atoms with van der Waals surface area (Å²) in [6, 6.07) is 6.35. The van der Waals surface area contributed by atoms with Gasteiger partial charge >= 0.3 is 0 Å². The van der Waals surface area contributed by atoms with E-state index in [1.54, 1.807) is 0 Å². The molecule has 0 amide bonds. The maximum atomic E-state index is 12.3. The number of fused-ring (bicyclic) bond motifs is 1. The number of aromatic nitrogens is 1. The van der Waals surface area contributed by atoms with Gasteiger partial charge in [-0.05, 0) is 32.9 Å². The summed E-state index contributed by atoms with van der Waals surface area (Å²) in [6.45, 7) is 9.78. The van der Waals surface area contributed by atoms with Gasteiger partial charge in [-0.2, -0.15) is 0 Å². The molecule has 0 radical (unpaired) electrons. The fraction of sp³-hybridized carbons (Fsp3) is 0.632. The molecule has 0 aromatic carbocycles. The first-order chi connectivity index (χ1) is 11.8. The fourth-order valence-electron chi connectivity index (χ4n) is 3.90. The molecule has 6 heteroatoms. The predicted octanol–water partition coefficient (Wildman–Crippen LogP) is 1.68. The molecule has 3 rings (SSSR count). The Labute approximate surface area is 151 Å². The molecule has 0 saturated carbocycles. The van der Waals surface area contributed by atoms with E-state index in [1.165, 1.54) is 5.57 Å². The average molecular weight is 364 g/mol. The lowest BCUT2D eigenvalue weighted by Crippen LogP contribution is -2.59. The van der Waals surface area contributed by atoms with Crippen molar-refractivity contribution in [2.45, 2.75) is 39.3 Å². The maximum Gasteiger partial charge on any atom is 0.153 e. The summed E-state index contributed by atoms with van der Waals surface area (Å²) < 4.78 is 24.5. The number of pyridine rings is 1. The van der Waals surface area contributed by atoms with Crippen LogP contribution in [-0.2, 0) is 16.3 Å². The number of nitrogens with zero attached hydrogens (tertiary/aromatic N) is 3. The summed E-state index contributed by atoms with van der Waals surface area (Å²) in [5.74, 6) is 0.595. The monoisotopic (exact) mass is 363 g/mol. The number of rotatable bonds is 5. The molecule has 1 aromatic rings. The minimum Gasteiger partial charge on any atom is -0.296 e. The molecule has 0 bridgehead atoms. The molecule has 25 heavy (non-hydrogen) atoms. The van der Waals surface area contributed by atoms with Crippen LogP contribution in [0.1, 0.15) is 25.2 Å². The van der Waals surface area contributed by atoms with E-state index in [2.05, 4.69) is 40.8 Å². The Balaban J connectivity index is 1.69. The Morgan fingerprint density at radius 1 is 1.20 bits per heavy atom. The lowest BCUT2D eigenvalue weighted by atomic mass is 10.0. The first-order valence-electron chi connectivity index (χ1n) is 9.08. The van der Waals surface area contributed by atoms with E-state index in [0.29, 0.717) is 11.5 Å². The smallest absolute Gasteiger partial charge is 0.153 e. The van der Waals surface area contributed by atoms with Gasteiger partial charge in [0.05, 0.1) is 11.5 Å². The molecule has 0 spiro atoms. The minimum absolute atomic E-state index is 0.120. The van der Waals surface area contributed by atoms with Crippen molar-refractivity contribution in [2.75, 3.05) is 37.7 Å². The topological polar surface area (TPSA) is 53.5 Å². The zero-order chi connectivity index (χ0) is 18.0. The molecule has 0 N–H and O–H groups in total. The first kappa shape index (κ1) is 18.5. The van der Waals surface area contributed by atoms with Crippen LogP contribution in [0.3, 0.4) is 0 Å². The molecule has 2 fully saturated rings. The Bertz CT molecular complexity index is 741. The number of piperazine rings is 1. The lowest BCUT2D eigenvalue weighted by molar-refractivity contribution is 0.0537. The van der Waals surface area contributed by atoms with Crippen LogP contribution in [0.5, 0.6) is 0 Å². The van der Waals surface area contributed by atoms with Gasteiger partial charge in [0.1, 0.15) is 0 Å². The van der Waals surface area contributed by atoms with Crippen LogP contribution in [0.15, 0.2) is 29.8 Å². The Morgan fingerprint density at radius 2 is 1.88 bits per heavy atom. The largest absolute Gasteiger partial charge is 0.296 e. The predicted molar refractivity (Wildman–Crippen MR) is 101 cm³/mol. The summed E-state index contributed by atoms with van der Waals surface area (Å²) in [7, 11) is -2.94. The second kappa shape index (κ2) is 7.56. The van der Waals surface area contributed by atoms with Gasteiger partial charge in [-0.15, -0.1) is 0 Å². The Kier molecular flexibility index (Phi) is 5.61. The van der Waals surface area contributed by atoms with E-state index in [-0.39, 0.29) is 12.1 Å². The zero-order valence-corrected chi connectivity index (χ0v) is 16.3. The van der Waals surface area contributed by atoms with Crippen molar-refractivity contribution in [3.8, 4) is 0 Å². The Morgan fingerprint density at radius 3 is 2.56 bits per heavy atom. The number of allylic oxidation sites excluding steroid dienone is 1. The summed E-state index contributed by atoms with van der Waals surface area (Å²) in [4.78, 5) is 9.30. The van der Waals surface area contributed by atoms with Crippen LogP contribution in [0, 0.1) is 6.92 Å². The second-order valence-corrected chi connectivity index (χ2v) is 9.70. The normalized spacial score (nSPS) is 26.4. The molecule has 3 heterocycles. The third-order valence-electron chi connectivity index (χ3n) is 5.24. The van der Waals surface area contributed by atoms with Crippen molar-refractivity contribution in [3.05, 3.63) is 41.2 Å². The molecule has 1 aromatic heterocycles. The van der Waals surface area contributed by atoms with E-state index in [0.717, 1.165) is 44.0 Å². The van der Waals surface area contributed by atoms with Crippen LogP contribution in [0.2, 0.25) is 0 Å². The van der Waals surface area contributed by atoms with Crippen molar-refractivity contribution >= 4 is 9.84 Å². The number of hydrogen-bond donors (Lipinski definition) is 0. The van der Waals surface area contributed by atoms with E-state index in [1.807, 2.05) is 19.1 Å². The van der Waals surface area contributed by atoms with Gasteiger partial charge < -0.3 is 0 Å². The average Bonchev–Trinajstić information content (AvgIpc) is 2.86. The number of hydrogen-bond acceptors (Lipinski definition) is 5. The van der Waals surface area contributed by atoms with Gasteiger partial charge in [0.25, 0.3) is 0 Å². The molecule has 2 aliphatic heterocycles. The molecule has 2 aliphatic rings. The van der Waals surface area contributed by atoms with E-state index >= 15 is 0 Å². The molecular formula is C19H29N3O2S.